The third kappa shape index (κ3) is 5.25. The Hall–Kier alpha value is -3.75. The average Bonchev–Trinajstić information content (AvgIpc) is 3.28. The van der Waals surface area contributed by atoms with E-state index in [0.717, 1.165) is 25.9 Å². The first-order chi connectivity index (χ1) is 14.8. The highest BCUT2D eigenvalue weighted by Gasteiger charge is 2.26. The van der Waals surface area contributed by atoms with Crippen molar-refractivity contribution in [2.75, 3.05) is 23.3 Å². The number of nitrogens with zero attached hydrogens (tertiary/aromatic N) is 2. The van der Waals surface area contributed by atoms with Crippen molar-refractivity contribution in [3.05, 3.63) is 63.7 Å². The number of ketones is 1. The predicted molar refractivity (Wildman–Crippen MR) is 114 cm³/mol. The van der Waals surface area contributed by atoms with Gasteiger partial charge in [0.05, 0.1) is 10.5 Å². The van der Waals surface area contributed by atoms with Gasteiger partial charge in [-0.2, -0.15) is 0 Å². The first-order valence-electron chi connectivity index (χ1n) is 9.92. The SMILES string of the molecule is CC(=O)c1ccc(NC(=O)C(C)OC(=O)c2ccc(N3CCCC3)c([N+](=O)[O-])c2)cc1. The van der Waals surface area contributed by atoms with Gasteiger partial charge in [-0.3, -0.25) is 19.7 Å². The lowest BCUT2D eigenvalue weighted by Gasteiger charge is -2.18. The average molecular weight is 425 g/mol. The highest BCUT2D eigenvalue weighted by atomic mass is 16.6. The summed E-state index contributed by atoms with van der Waals surface area (Å²) < 4.78 is 5.19. The number of rotatable bonds is 7. The van der Waals surface area contributed by atoms with Crippen molar-refractivity contribution in [2.45, 2.75) is 32.8 Å². The van der Waals surface area contributed by atoms with Crippen molar-refractivity contribution in [2.24, 2.45) is 0 Å². The Morgan fingerprint density at radius 3 is 2.26 bits per heavy atom. The van der Waals surface area contributed by atoms with Crippen LogP contribution in [0.2, 0.25) is 0 Å². The highest BCUT2D eigenvalue weighted by molar-refractivity contribution is 5.99. The molecule has 9 heteroatoms. The van der Waals surface area contributed by atoms with E-state index in [1.54, 1.807) is 30.3 Å². The molecule has 0 radical (unpaired) electrons. The number of Topliss-reactive ketones (excluding diaryl/α,β-unsaturated/α-hetero) is 1. The van der Waals surface area contributed by atoms with Gasteiger partial charge in [0.15, 0.2) is 11.9 Å². The minimum Gasteiger partial charge on any atom is -0.449 e. The third-order valence-corrected chi connectivity index (χ3v) is 5.07. The maximum Gasteiger partial charge on any atom is 0.339 e. The molecule has 1 amide bonds. The predicted octanol–water partition coefficient (Wildman–Crippen LogP) is 3.58. The Morgan fingerprint density at radius 1 is 1.06 bits per heavy atom. The molecule has 2 aromatic carbocycles. The van der Waals surface area contributed by atoms with Crippen LogP contribution in [0.4, 0.5) is 17.1 Å². The van der Waals surface area contributed by atoms with Crippen molar-refractivity contribution in [3.8, 4) is 0 Å². The monoisotopic (exact) mass is 425 g/mol. The Labute approximate surface area is 179 Å². The maximum atomic E-state index is 12.5. The van der Waals surface area contributed by atoms with E-state index in [1.807, 2.05) is 4.90 Å². The summed E-state index contributed by atoms with van der Waals surface area (Å²) in [6.45, 7) is 4.31. The normalized spacial score (nSPS) is 14.1. The van der Waals surface area contributed by atoms with E-state index >= 15 is 0 Å². The smallest absolute Gasteiger partial charge is 0.339 e. The zero-order valence-corrected chi connectivity index (χ0v) is 17.3. The number of nitrogens with one attached hydrogen (secondary N) is 1. The van der Waals surface area contributed by atoms with Crippen LogP contribution in [-0.4, -0.2) is 41.8 Å². The summed E-state index contributed by atoms with van der Waals surface area (Å²) >= 11 is 0. The molecule has 2 aromatic rings. The minimum absolute atomic E-state index is 0.000100. The summed E-state index contributed by atoms with van der Waals surface area (Å²) in [6.07, 6.45) is 0.799. The molecule has 1 atom stereocenters. The number of carbonyl (C=O) groups excluding carboxylic acids is 3. The van der Waals surface area contributed by atoms with Crippen LogP contribution in [0.1, 0.15) is 47.4 Å². The number of nitro benzene ring substituents is 1. The Kier molecular flexibility index (Phi) is 6.64. The maximum absolute atomic E-state index is 12.5. The van der Waals surface area contributed by atoms with Crippen LogP contribution < -0.4 is 10.2 Å². The van der Waals surface area contributed by atoms with E-state index in [-0.39, 0.29) is 17.0 Å². The van der Waals surface area contributed by atoms with E-state index in [9.17, 15) is 24.5 Å². The molecule has 31 heavy (non-hydrogen) atoms. The molecule has 1 unspecified atom stereocenters. The van der Waals surface area contributed by atoms with Gasteiger partial charge in [0, 0.05) is 30.4 Å². The zero-order chi connectivity index (χ0) is 22.5. The Bertz CT molecular complexity index is 1010. The zero-order valence-electron chi connectivity index (χ0n) is 17.3. The first kappa shape index (κ1) is 21.9. The molecule has 9 nitrogen and oxygen atoms in total. The van der Waals surface area contributed by atoms with Crippen LogP contribution in [0.3, 0.4) is 0 Å². The molecule has 1 aliphatic rings. The van der Waals surface area contributed by atoms with Crippen LogP contribution in [0.5, 0.6) is 0 Å². The topological polar surface area (TPSA) is 119 Å². The molecule has 3 rings (SSSR count). The summed E-state index contributed by atoms with van der Waals surface area (Å²) in [5, 5.41) is 14.1. The van der Waals surface area contributed by atoms with Crippen molar-refractivity contribution < 1.29 is 24.0 Å². The molecule has 0 saturated carbocycles. The second-order valence-electron chi connectivity index (χ2n) is 7.33. The van der Waals surface area contributed by atoms with Gasteiger partial charge in [-0.15, -0.1) is 0 Å². The molecule has 0 aliphatic carbocycles. The standard InChI is InChI=1S/C22H23N3O6/c1-14(26)16-5-8-18(9-6-16)23-21(27)15(2)31-22(28)17-7-10-19(20(13-17)25(29)30)24-11-3-4-12-24/h5-10,13,15H,3-4,11-12H2,1-2H3,(H,23,27). The van der Waals surface area contributed by atoms with Gasteiger partial charge in [-0.1, -0.05) is 0 Å². The van der Waals surface area contributed by atoms with Crippen molar-refractivity contribution in [1.29, 1.82) is 0 Å². The van der Waals surface area contributed by atoms with Crippen molar-refractivity contribution >= 4 is 34.7 Å². The third-order valence-electron chi connectivity index (χ3n) is 5.07. The molecule has 1 saturated heterocycles. The Morgan fingerprint density at radius 2 is 1.68 bits per heavy atom. The molecule has 0 bridgehead atoms. The van der Waals surface area contributed by atoms with Gasteiger partial charge < -0.3 is 15.0 Å². The molecule has 1 fully saturated rings. The van der Waals surface area contributed by atoms with E-state index in [2.05, 4.69) is 5.32 Å². The van der Waals surface area contributed by atoms with Crippen LogP contribution in [0.15, 0.2) is 42.5 Å². The number of benzene rings is 2. The lowest BCUT2D eigenvalue weighted by atomic mass is 10.1. The van der Waals surface area contributed by atoms with Gasteiger partial charge in [-0.05, 0) is 63.1 Å². The number of amides is 1. The fourth-order valence-corrected chi connectivity index (χ4v) is 3.34. The highest BCUT2D eigenvalue weighted by Crippen LogP contribution is 2.32. The number of esters is 1. The molecule has 1 N–H and O–H groups in total. The largest absolute Gasteiger partial charge is 0.449 e. The van der Waals surface area contributed by atoms with Crippen molar-refractivity contribution in [1.82, 2.24) is 0 Å². The summed E-state index contributed by atoms with van der Waals surface area (Å²) in [6, 6.07) is 10.5. The van der Waals surface area contributed by atoms with E-state index in [0.29, 0.717) is 16.9 Å². The summed E-state index contributed by atoms with van der Waals surface area (Å²) in [5.41, 5.74) is 1.26. The minimum atomic E-state index is -1.13. The van der Waals surface area contributed by atoms with Crippen LogP contribution in [-0.2, 0) is 9.53 Å². The second kappa shape index (κ2) is 9.38. The quantitative estimate of drug-likeness (QED) is 0.312. The molecule has 1 heterocycles. The van der Waals surface area contributed by atoms with E-state index in [1.165, 1.54) is 26.0 Å². The second-order valence-corrected chi connectivity index (χ2v) is 7.33. The molecule has 162 valence electrons. The molecule has 0 aromatic heterocycles. The number of hydrogen-bond donors (Lipinski definition) is 1. The van der Waals surface area contributed by atoms with Crippen LogP contribution in [0, 0.1) is 10.1 Å². The summed E-state index contributed by atoms with van der Waals surface area (Å²) in [5.74, 6) is -1.48. The van der Waals surface area contributed by atoms with Gasteiger partial charge >= 0.3 is 5.97 Å². The first-order valence-corrected chi connectivity index (χ1v) is 9.92. The number of anilines is 2. The fraction of sp³-hybridized carbons (Fsp3) is 0.318. The number of nitro groups is 1. The molecule has 1 aliphatic heterocycles. The van der Waals surface area contributed by atoms with E-state index < -0.39 is 22.9 Å². The van der Waals surface area contributed by atoms with Crippen LogP contribution in [0.25, 0.3) is 0 Å². The number of carbonyl (C=O) groups is 3. The van der Waals surface area contributed by atoms with Crippen molar-refractivity contribution in [3.63, 3.8) is 0 Å². The van der Waals surface area contributed by atoms with Gasteiger partial charge in [0.25, 0.3) is 11.6 Å². The molecular weight excluding hydrogens is 402 g/mol. The summed E-state index contributed by atoms with van der Waals surface area (Å²) in [7, 11) is 0. The fourth-order valence-electron chi connectivity index (χ4n) is 3.34. The van der Waals surface area contributed by atoms with Gasteiger partial charge in [-0.25, -0.2) is 4.79 Å². The molecular formula is C22H23N3O6. The van der Waals surface area contributed by atoms with Gasteiger partial charge in [0.2, 0.25) is 0 Å². The summed E-state index contributed by atoms with van der Waals surface area (Å²) in [4.78, 5) is 49.0. The van der Waals surface area contributed by atoms with Gasteiger partial charge in [0.1, 0.15) is 5.69 Å². The lowest BCUT2D eigenvalue weighted by molar-refractivity contribution is -0.384. The van der Waals surface area contributed by atoms with Crippen LogP contribution >= 0.6 is 0 Å². The number of hydrogen-bond acceptors (Lipinski definition) is 7. The Balaban J connectivity index is 1.67. The van der Waals surface area contributed by atoms with E-state index in [4.69, 9.17) is 4.74 Å². The lowest BCUT2D eigenvalue weighted by Crippen LogP contribution is -2.30. The number of ether oxygens (including phenoxy) is 1. The molecule has 0 spiro atoms.